The fourth-order valence-corrected chi connectivity index (χ4v) is 5.43. The van der Waals surface area contributed by atoms with Gasteiger partial charge < -0.3 is 0 Å². The zero-order valence-corrected chi connectivity index (χ0v) is 13.6. The van der Waals surface area contributed by atoms with Crippen molar-refractivity contribution in [2.45, 2.75) is 87.5 Å². The van der Waals surface area contributed by atoms with Gasteiger partial charge in [-0.2, -0.15) is 0 Å². The summed E-state index contributed by atoms with van der Waals surface area (Å²) in [7, 11) is -0.537. The van der Waals surface area contributed by atoms with Crippen LogP contribution in [-0.2, 0) is 10.8 Å². The van der Waals surface area contributed by atoms with E-state index in [1.165, 1.54) is 70.6 Å². The molecule has 0 aromatic carbocycles. The number of allylic oxidation sites excluding steroid dienone is 2. The van der Waals surface area contributed by atoms with Crippen molar-refractivity contribution >= 4 is 10.8 Å². The van der Waals surface area contributed by atoms with Gasteiger partial charge in [-0.15, -0.1) is 6.58 Å². The summed E-state index contributed by atoms with van der Waals surface area (Å²) in [6.07, 6.45) is 19.9. The first-order valence-electron chi connectivity index (χ1n) is 8.51. The third kappa shape index (κ3) is 4.87. The first-order valence-corrected chi connectivity index (χ1v) is 9.78. The highest BCUT2D eigenvalue weighted by molar-refractivity contribution is 7.86. The fraction of sp³-hybridized carbons (Fsp3) is 0.778. The van der Waals surface area contributed by atoms with Crippen LogP contribution in [0.2, 0.25) is 0 Å². The van der Waals surface area contributed by atoms with E-state index in [0.717, 1.165) is 6.42 Å². The van der Waals surface area contributed by atoms with Crippen LogP contribution in [0.15, 0.2) is 24.3 Å². The van der Waals surface area contributed by atoms with Crippen molar-refractivity contribution in [2.24, 2.45) is 0 Å². The third-order valence-corrected chi connectivity index (χ3v) is 6.75. The van der Waals surface area contributed by atoms with E-state index in [9.17, 15) is 4.21 Å². The summed E-state index contributed by atoms with van der Waals surface area (Å²) in [6.45, 7) is 3.76. The van der Waals surface area contributed by atoms with Crippen LogP contribution < -0.4 is 0 Å². The summed E-state index contributed by atoms with van der Waals surface area (Å²) < 4.78 is 11.9. The van der Waals surface area contributed by atoms with Gasteiger partial charge in [0.25, 0.3) is 0 Å². The Hall–Kier alpha value is -0.370. The fourth-order valence-electron chi connectivity index (χ4n) is 3.50. The van der Waals surface area contributed by atoms with Crippen LogP contribution in [0.4, 0.5) is 0 Å². The first-order chi connectivity index (χ1) is 9.81. The standard InChI is InChI=1S/C18H30OS/c1-2-3-4-5-6-7-8-9-10-11-16-14-17-12-13-18(15-16)20(17)19/h2,14,17-18H,1,3-13,15H2. The van der Waals surface area contributed by atoms with Crippen molar-refractivity contribution in [3.8, 4) is 0 Å². The van der Waals surface area contributed by atoms with Gasteiger partial charge in [-0.25, -0.2) is 0 Å². The lowest BCUT2D eigenvalue weighted by Crippen LogP contribution is -2.20. The van der Waals surface area contributed by atoms with Gasteiger partial charge >= 0.3 is 0 Å². The average molecular weight is 295 g/mol. The summed E-state index contributed by atoms with van der Waals surface area (Å²) in [5, 5.41) is 0.915. The third-order valence-electron chi connectivity index (χ3n) is 4.72. The Bertz CT molecular complexity index is 358. The van der Waals surface area contributed by atoms with Gasteiger partial charge in [0.1, 0.15) is 0 Å². The van der Waals surface area contributed by atoms with Gasteiger partial charge in [-0.05, 0) is 44.9 Å². The minimum atomic E-state index is -0.537. The molecule has 2 heteroatoms. The molecule has 0 saturated carbocycles. The maximum Gasteiger partial charge on any atom is 0.0533 e. The van der Waals surface area contributed by atoms with E-state index in [4.69, 9.17) is 0 Å². The van der Waals surface area contributed by atoms with Crippen molar-refractivity contribution in [1.29, 1.82) is 0 Å². The summed E-state index contributed by atoms with van der Waals surface area (Å²) in [4.78, 5) is 0. The molecule has 20 heavy (non-hydrogen) atoms. The van der Waals surface area contributed by atoms with Crippen molar-refractivity contribution in [1.82, 2.24) is 0 Å². The van der Waals surface area contributed by atoms with Gasteiger partial charge in [0.2, 0.25) is 0 Å². The van der Waals surface area contributed by atoms with Crippen LogP contribution in [0, 0.1) is 0 Å². The molecule has 0 N–H and O–H groups in total. The van der Waals surface area contributed by atoms with Gasteiger partial charge in [0.05, 0.1) is 5.25 Å². The largest absolute Gasteiger partial charge is 0.259 e. The van der Waals surface area contributed by atoms with E-state index in [-0.39, 0.29) is 0 Å². The lowest BCUT2D eigenvalue weighted by Gasteiger charge is -2.19. The summed E-state index contributed by atoms with van der Waals surface area (Å²) in [5.74, 6) is 0. The van der Waals surface area contributed by atoms with E-state index in [0.29, 0.717) is 10.5 Å². The molecule has 2 aliphatic rings. The molecule has 114 valence electrons. The SMILES string of the molecule is C=CCCCCCCCCCC1=CC2CCC(C1)S2=O. The summed E-state index contributed by atoms with van der Waals surface area (Å²) >= 11 is 0. The van der Waals surface area contributed by atoms with Gasteiger partial charge in [-0.1, -0.05) is 49.8 Å². The number of rotatable bonds is 10. The molecule has 2 rings (SSSR count). The molecular formula is C18H30OS. The molecule has 2 aliphatic heterocycles. The van der Waals surface area contributed by atoms with Crippen molar-refractivity contribution in [2.75, 3.05) is 0 Å². The monoisotopic (exact) mass is 294 g/mol. The second-order valence-corrected chi connectivity index (χ2v) is 8.33. The molecule has 0 aromatic rings. The second kappa shape index (κ2) is 8.81. The van der Waals surface area contributed by atoms with Gasteiger partial charge in [0, 0.05) is 16.0 Å². The minimum Gasteiger partial charge on any atom is -0.259 e. The average Bonchev–Trinajstić information content (AvgIpc) is 2.67. The molecule has 2 bridgehead atoms. The number of hydrogen-bond acceptors (Lipinski definition) is 1. The van der Waals surface area contributed by atoms with Gasteiger partial charge in [-0.3, -0.25) is 4.21 Å². The molecule has 0 amide bonds. The quantitative estimate of drug-likeness (QED) is 0.395. The molecule has 0 aromatic heterocycles. The molecule has 1 nitrogen and oxygen atoms in total. The maximum absolute atomic E-state index is 11.9. The predicted octanol–water partition coefficient (Wildman–Crippen LogP) is 5.29. The highest BCUT2D eigenvalue weighted by Gasteiger charge is 2.35. The molecule has 3 unspecified atom stereocenters. The second-order valence-electron chi connectivity index (χ2n) is 6.40. The molecule has 1 saturated heterocycles. The summed E-state index contributed by atoms with van der Waals surface area (Å²) in [5.41, 5.74) is 1.61. The van der Waals surface area contributed by atoms with Crippen molar-refractivity contribution in [3.05, 3.63) is 24.3 Å². The minimum absolute atomic E-state index is 0.411. The van der Waals surface area contributed by atoms with E-state index >= 15 is 0 Å². The zero-order chi connectivity index (χ0) is 14.2. The van der Waals surface area contributed by atoms with E-state index in [2.05, 4.69) is 12.7 Å². The maximum atomic E-state index is 11.9. The molecular weight excluding hydrogens is 264 g/mol. The van der Waals surface area contributed by atoms with Crippen LogP contribution in [0.25, 0.3) is 0 Å². The number of hydrogen-bond donors (Lipinski definition) is 0. The highest BCUT2D eigenvalue weighted by atomic mass is 32.2. The zero-order valence-electron chi connectivity index (χ0n) is 12.8. The Morgan fingerprint density at radius 1 is 1.10 bits per heavy atom. The Morgan fingerprint density at radius 2 is 1.80 bits per heavy atom. The normalized spacial score (nSPS) is 28.4. The van der Waals surface area contributed by atoms with E-state index in [1.807, 2.05) is 6.08 Å². The van der Waals surface area contributed by atoms with Crippen LogP contribution in [0.1, 0.15) is 77.0 Å². The number of unbranched alkanes of at least 4 members (excludes halogenated alkanes) is 7. The first kappa shape index (κ1) is 16.0. The smallest absolute Gasteiger partial charge is 0.0533 e. The molecule has 2 heterocycles. The topological polar surface area (TPSA) is 17.1 Å². The Balaban J connectivity index is 1.49. The molecule has 0 radical (unpaired) electrons. The lowest BCUT2D eigenvalue weighted by atomic mass is 10.0. The molecule has 0 aliphatic carbocycles. The Labute approximate surface area is 127 Å². The predicted molar refractivity (Wildman–Crippen MR) is 89.4 cm³/mol. The van der Waals surface area contributed by atoms with Crippen molar-refractivity contribution < 1.29 is 4.21 Å². The molecule has 3 atom stereocenters. The van der Waals surface area contributed by atoms with Gasteiger partial charge in [0.15, 0.2) is 0 Å². The summed E-state index contributed by atoms with van der Waals surface area (Å²) in [6, 6.07) is 0. The molecule has 1 fully saturated rings. The number of fused-ring (bicyclic) bond motifs is 2. The Kier molecular flexibility index (Phi) is 7.06. The van der Waals surface area contributed by atoms with Crippen LogP contribution in [-0.4, -0.2) is 14.7 Å². The van der Waals surface area contributed by atoms with Crippen LogP contribution in [0.3, 0.4) is 0 Å². The molecule has 0 spiro atoms. The highest BCUT2D eigenvalue weighted by Crippen LogP contribution is 2.36. The Morgan fingerprint density at radius 3 is 2.50 bits per heavy atom. The van der Waals surface area contributed by atoms with E-state index < -0.39 is 10.8 Å². The van der Waals surface area contributed by atoms with Crippen LogP contribution in [0.5, 0.6) is 0 Å². The van der Waals surface area contributed by atoms with Crippen molar-refractivity contribution in [3.63, 3.8) is 0 Å². The van der Waals surface area contributed by atoms with Crippen LogP contribution >= 0.6 is 0 Å². The van der Waals surface area contributed by atoms with E-state index in [1.54, 1.807) is 5.57 Å². The lowest BCUT2D eigenvalue weighted by molar-refractivity contribution is 0.576.